The quantitative estimate of drug-likeness (QED) is 0.283. The normalized spacial score (nSPS) is 14.5. The minimum absolute atomic E-state index is 0.278. The van der Waals surface area contributed by atoms with Gasteiger partial charge in [0.15, 0.2) is 0 Å². The van der Waals surface area contributed by atoms with Crippen LogP contribution in [0.15, 0.2) is 0 Å². The van der Waals surface area contributed by atoms with E-state index in [1.54, 1.807) is 0 Å². The van der Waals surface area contributed by atoms with E-state index in [-0.39, 0.29) is 6.54 Å². The van der Waals surface area contributed by atoms with Crippen molar-refractivity contribution in [3.8, 4) is 0 Å². The molecule has 8 N–H and O–H groups in total. The fourth-order valence-electron chi connectivity index (χ4n) is 0.513. The molecule has 1 aliphatic heterocycles. The minimum atomic E-state index is -0.968. The van der Waals surface area contributed by atoms with Crippen LogP contribution >= 0.6 is 0 Å². The van der Waals surface area contributed by atoms with Gasteiger partial charge in [0, 0.05) is 13.1 Å². The molecule has 0 aromatic heterocycles. The Kier molecular flexibility index (Phi) is 11.0. The second kappa shape index (κ2) is 10.9. The Hall–Kier alpha value is -2.20. The third kappa shape index (κ3) is 13.7. The molecule has 0 aromatic rings. The summed E-state index contributed by atoms with van der Waals surface area (Å²) in [5, 5.41) is 20.2. The first-order valence-corrected chi connectivity index (χ1v) is 5.18. The molecule has 1 heterocycles. The Labute approximate surface area is 109 Å². The number of rotatable bonds is 2. The molecular weight excluding hydrogens is 260 g/mol. The number of nitrogens with one attached hydrogen (secondary N) is 2. The zero-order chi connectivity index (χ0) is 15.4. The molecular formula is C9H18N4O6. The number of hydrogen-bond acceptors (Lipinski definition) is 6. The zero-order valence-corrected chi connectivity index (χ0v) is 10.4. The Balaban J connectivity index is 0. The summed E-state index contributed by atoms with van der Waals surface area (Å²) in [5.41, 5.74) is 9.41. The second-order valence-electron chi connectivity index (χ2n) is 3.24. The standard InChI is InChI=1S/C4H6N2O2.C3H7NO2.C2H5NO2/c7-3-4(8)6-2-1-5-3;1-2(4)3(5)6;3-1-2(4)5/h1-2H2,(H,5,7)(H,6,8);2H,4H2,1H3,(H,5,6);1,3H2,(H,4,5). The number of piperazine rings is 1. The monoisotopic (exact) mass is 278 g/mol. The summed E-state index contributed by atoms with van der Waals surface area (Å²) in [5.74, 6) is -2.99. The van der Waals surface area contributed by atoms with Crippen LogP contribution < -0.4 is 22.1 Å². The van der Waals surface area contributed by atoms with E-state index < -0.39 is 29.8 Å². The van der Waals surface area contributed by atoms with Crippen LogP contribution in [-0.4, -0.2) is 59.6 Å². The summed E-state index contributed by atoms with van der Waals surface area (Å²) in [6.07, 6.45) is 0. The van der Waals surface area contributed by atoms with Gasteiger partial charge in [0.1, 0.15) is 6.04 Å². The van der Waals surface area contributed by atoms with Crippen molar-refractivity contribution in [1.82, 2.24) is 10.6 Å². The van der Waals surface area contributed by atoms with E-state index in [1.807, 2.05) is 0 Å². The molecule has 110 valence electrons. The van der Waals surface area contributed by atoms with Gasteiger partial charge in [-0.2, -0.15) is 0 Å². The van der Waals surface area contributed by atoms with Gasteiger partial charge in [0.05, 0.1) is 6.54 Å². The van der Waals surface area contributed by atoms with Crippen LogP contribution in [-0.2, 0) is 19.2 Å². The molecule has 1 fully saturated rings. The Morgan fingerprint density at radius 1 is 1.21 bits per heavy atom. The molecule has 0 bridgehead atoms. The first-order chi connectivity index (χ1) is 8.72. The van der Waals surface area contributed by atoms with Crippen molar-refractivity contribution < 1.29 is 29.4 Å². The molecule has 0 saturated carbocycles. The fourth-order valence-corrected chi connectivity index (χ4v) is 0.513. The van der Waals surface area contributed by atoms with Gasteiger partial charge in [-0.1, -0.05) is 0 Å². The van der Waals surface area contributed by atoms with E-state index in [0.717, 1.165) is 0 Å². The number of amides is 2. The summed E-state index contributed by atoms with van der Waals surface area (Å²) in [7, 11) is 0. The summed E-state index contributed by atoms with van der Waals surface area (Å²) in [4.78, 5) is 39.4. The molecule has 1 aliphatic rings. The van der Waals surface area contributed by atoms with Crippen molar-refractivity contribution in [1.29, 1.82) is 0 Å². The lowest BCUT2D eigenvalue weighted by molar-refractivity contribution is -0.140. The van der Waals surface area contributed by atoms with E-state index in [1.165, 1.54) is 6.92 Å². The maximum atomic E-state index is 10.3. The molecule has 0 aliphatic carbocycles. The smallest absolute Gasteiger partial charge is 0.320 e. The minimum Gasteiger partial charge on any atom is -0.480 e. The van der Waals surface area contributed by atoms with E-state index in [0.29, 0.717) is 13.1 Å². The highest BCUT2D eigenvalue weighted by Gasteiger charge is 2.15. The van der Waals surface area contributed by atoms with Gasteiger partial charge in [-0.25, -0.2) is 0 Å². The van der Waals surface area contributed by atoms with Crippen LogP contribution in [0.2, 0.25) is 0 Å². The maximum absolute atomic E-state index is 10.3. The van der Waals surface area contributed by atoms with Gasteiger partial charge in [-0.3, -0.25) is 19.2 Å². The third-order valence-electron chi connectivity index (χ3n) is 1.47. The molecule has 1 rings (SSSR count). The van der Waals surface area contributed by atoms with Crippen molar-refractivity contribution in [3.05, 3.63) is 0 Å². The summed E-state index contributed by atoms with van der Waals surface area (Å²) in [6, 6.07) is -0.731. The highest BCUT2D eigenvalue weighted by atomic mass is 16.4. The van der Waals surface area contributed by atoms with Crippen LogP contribution in [0.25, 0.3) is 0 Å². The number of nitrogens with two attached hydrogens (primary N) is 2. The zero-order valence-electron chi connectivity index (χ0n) is 10.4. The lowest BCUT2D eigenvalue weighted by Gasteiger charge is -2.10. The SMILES string of the molecule is CC(N)C(=O)O.NCC(=O)O.O=C1NCCNC1=O. The number of carboxylic acid groups (broad SMARTS) is 2. The second-order valence-corrected chi connectivity index (χ2v) is 3.24. The van der Waals surface area contributed by atoms with Crippen LogP contribution in [0.5, 0.6) is 0 Å². The molecule has 1 saturated heterocycles. The predicted octanol–water partition coefficient (Wildman–Crippen LogP) is -3.32. The van der Waals surface area contributed by atoms with Crippen LogP contribution in [0, 0.1) is 0 Å². The van der Waals surface area contributed by atoms with Crippen molar-refractivity contribution in [3.63, 3.8) is 0 Å². The molecule has 1 atom stereocenters. The Bertz CT molecular complexity index is 315. The molecule has 0 spiro atoms. The molecule has 0 radical (unpaired) electrons. The largest absolute Gasteiger partial charge is 0.480 e. The van der Waals surface area contributed by atoms with E-state index in [9.17, 15) is 19.2 Å². The van der Waals surface area contributed by atoms with Gasteiger partial charge in [-0.05, 0) is 6.92 Å². The molecule has 0 aromatic carbocycles. The van der Waals surface area contributed by atoms with Gasteiger partial charge < -0.3 is 32.3 Å². The number of carboxylic acids is 2. The lowest BCUT2D eigenvalue weighted by Crippen LogP contribution is -2.49. The summed E-state index contributed by atoms with van der Waals surface area (Å²) >= 11 is 0. The number of carbonyl (C=O) groups excluding carboxylic acids is 2. The third-order valence-corrected chi connectivity index (χ3v) is 1.47. The average Bonchev–Trinajstić information content (AvgIpc) is 2.34. The molecule has 19 heavy (non-hydrogen) atoms. The van der Waals surface area contributed by atoms with Crippen molar-refractivity contribution in [2.45, 2.75) is 13.0 Å². The Morgan fingerprint density at radius 3 is 1.58 bits per heavy atom. The van der Waals surface area contributed by atoms with E-state index >= 15 is 0 Å². The number of aliphatic carboxylic acids is 2. The molecule has 10 heteroatoms. The van der Waals surface area contributed by atoms with Crippen molar-refractivity contribution >= 4 is 23.8 Å². The predicted molar refractivity (Wildman–Crippen MR) is 64.0 cm³/mol. The topological polar surface area (TPSA) is 185 Å². The van der Waals surface area contributed by atoms with Gasteiger partial charge in [-0.15, -0.1) is 0 Å². The Morgan fingerprint density at radius 2 is 1.47 bits per heavy atom. The molecule has 2 amide bonds. The van der Waals surface area contributed by atoms with Crippen LogP contribution in [0.4, 0.5) is 0 Å². The molecule has 1 unspecified atom stereocenters. The fraction of sp³-hybridized carbons (Fsp3) is 0.556. The highest BCUT2D eigenvalue weighted by molar-refractivity contribution is 6.35. The summed E-state index contributed by atoms with van der Waals surface area (Å²) < 4.78 is 0. The molecule has 10 nitrogen and oxygen atoms in total. The summed E-state index contributed by atoms with van der Waals surface area (Å²) in [6.45, 7) is 2.23. The number of hydrogen-bond donors (Lipinski definition) is 6. The number of carbonyl (C=O) groups is 4. The first kappa shape index (κ1) is 19.1. The van der Waals surface area contributed by atoms with Crippen molar-refractivity contribution in [2.24, 2.45) is 11.5 Å². The first-order valence-electron chi connectivity index (χ1n) is 5.18. The van der Waals surface area contributed by atoms with E-state index in [2.05, 4.69) is 16.4 Å². The van der Waals surface area contributed by atoms with E-state index in [4.69, 9.17) is 15.9 Å². The lowest BCUT2D eigenvalue weighted by atomic mass is 10.4. The van der Waals surface area contributed by atoms with Gasteiger partial charge in [0.25, 0.3) is 0 Å². The average molecular weight is 278 g/mol. The maximum Gasteiger partial charge on any atom is 0.320 e. The highest BCUT2D eigenvalue weighted by Crippen LogP contribution is 1.73. The van der Waals surface area contributed by atoms with Gasteiger partial charge in [0.2, 0.25) is 0 Å². The van der Waals surface area contributed by atoms with Crippen LogP contribution in [0.1, 0.15) is 6.92 Å². The van der Waals surface area contributed by atoms with Crippen LogP contribution in [0.3, 0.4) is 0 Å². The van der Waals surface area contributed by atoms with Gasteiger partial charge >= 0.3 is 23.8 Å². The van der Waals surface area contributed by atoms with Crippen molar-refractivity contribution in [2.75, 3.05) is 19.6 Å².